The molecule has 0 saturated heterocycles. The summed E-state index contributed by atoms with van der Waals surface area (Å²) in [5.41, 5.74) is 7.45. The van der Waals surface area contributed by atoms with Gasteiger partial charge >= 0.3 is 0 Å². The van der Waals surface area contributed by atoms with Gasteiger partial charge in [-0.1, -0.05) is 60.7 Å². The molecule has 0 aliphatic carbocycles. The van der Waals surface area contributed by atoms with E-state index in [1.165, 1.54) is 24.8 Å². The molecule has 0 fully saturated rings. The van der Waals surface area contributed by atoms with Gasteiger partial charge in [0.25, 0.3) is 0 Å². The Kier molecular flexibility index (Phi) is 8.00. The third-order valence-corrected chi connectivity index (χ3v) is 5.17. The number of nitrogens with two attached hydrogens (primary N) is 1. The number of methoxy groups -OCH3 is 1. The summed E-state index contributed by atoms with van der Waals surface area (Å²) in [5, 5.41) is 0. The minimum atomic E-state index is -3.49. The van der Waals surface area contributed by atoms with Gasteiger partial charge in [0.15, 0.2) is 0 Å². The first kappa shape index (κ1) is 20.6. The normalized spacial score (nSPS) is 10.6. The fourth-order valence-corrected chi connectivity index (χ4v) is 3.24. The van der Waals surface area contributed by atoms with Gasteiger partial charge < -0.3 is 10.5 Å². The molecule has 3 aromatic carbocycles. The maximum atomic E-state index is 12.1. The van der Waals surface area contributed by atoms with Crippen LogP contribution in [0.4, 0.5) is 0 Å². The summed E-state index contributed by atoms with van der Waals surface area (Å²) in [5.74, 6) is 0.627. The Balaban J connectivity index is 0.000000273. The monoisotopic (exact) mass is 384 g/mol. The predicted molar refractivity (Wildman–Crippen MR) is 108 cm³/mol. The van der Waals surface area contributed by atoms with Crippen LogP contribution >= 0.6 is 0 Å². The zero-order valence-electron chi connectivity index (χ0n) is 15.2. The molecule has 3 aromatic rings. The zero-order valence-corrected chi connectivity index (χ0v) is 16.0. The molecule has 0 aliphatic heterocycles. The van der Waals surface area contributed by atoms with E-state index < -0.39 is 10.0 Å². The van der Waals surface area contributed by atoms with Crippen LogP contribution in [0.5, 0.6) is 5.75 Å². The van der Waals surface area contributed by atoms with Crippen molar-refractivity contribution < 1.29 is 13.2 Å². The number of ether oxygens (including phenoxy) is 1. The summed E-state index contributed by atoms with van der Waals surface area (Å²) in [7, 11) is -1.95. The Morgan fingerprint density at radius 2 is 1.33 bits per heavy atom. The van der Waals surface area contributed by atoms with Crippen molar-refractivity contribution in [2.24, 2.45) is 5.73 Å². The minimum absolute atomic E-state index is 0.226. The van der Waals surface area contributed by atoms with Crippen LogP contribution in [0.2, 0.25) is 0 Å². The molecule has 0 unspecified atom stereocenters. The van der Waals surface area contributed by atoms with Crippen molar-refractivity contribution in [2.75, 3.05) is 7.11 Å². The zero-order chi connectivity index (χ0) is 19.5. The van der Waals surface area contributed by atoms with Crippen LogP contribution in [-0.2, 0) is 23.1 Å². The summed E-state index contributed by atoms with van der Waals surface area (Å²) >= 11 is 0. The van der Waals surface area contributed by atoms with E-state index in [-0.39, 0.29) is 11.4 Å². The van der Waals surface area contributed by atoms with Crippen molar-refractivity contribution in [3.8, 4) is 5.75 Å². The Morgan fingerprint density at radius 3 is 1.78 bits per heavy atom. The van der Waals surface area contributed by atoms with Gasteiger partial charge in [0, 0.05) is 13.1 Å². The highest BCUT2D eigenvalue weighted by atomic mass is 32.2. The molecule has 0 saturated carbocycles. The van der Waals surface area contributed by atoms with Crippen molar-refractivity contribution in [1.82, 2.24) is 4.72 Å². The molecule has 0 aromatic heterocycles. The van der Waals surface area contributed by atoms with Crippen molar-refractivity contribution >= 4 is 10.0 Å². The summed E-state index contributed by atoms with van der Waals surface area (Å²) < 4.78 is 31.7. The fourth-order valence-electron chi connectivity index (χ4n) is 2.23. The van der Waals surface area contributed by atoms with Crippen LogP contribution in [0.25, 0.3) is 0 Å². The smallest absolute Gasteiger partial charge is 0.240 e. The number of hydrogen-bond donors (Lipinski definition) is 2. The van der Waals surface area contributed by atoms with Crippen LogP contribution in [0.15, 0.2) is 89.8 Å². The van der Waals surface area contributed by atoms with Gasteiger partial charge in [-0.05, 0) is 35.4 Å². The third-order valence-electron chi connectivity index (χ3n) is 3.76. The molecule has 0 amide bonds. The maximum absolute atomic E-state index is 12.1. The number of hydrogen-bond acceptors (Lipinski definition) is 4. The second kappa shape index (κ2) is 10.5. The summed E-state index contributed by atoms with van der Waals surface area (Å²) in [4.78, 5) is 0.226. The average Bonchev–Trinajstić information content (AvgIpc) is 2.74. The fraction of sp³-hybridized carbons (Fsp3) is 0.143. The van der Waals surface area contributed by atoms with Gasteiger partial charge in [0.1, 0.15) is 5.75 Å². The third kappa shape index (κ3) is 6.86. The number of benzene rings is 3. The lowest BCUT2D eigenvalue weighted by Crippen LogP contribution is -2.23. The Labute approximate surface area is 160 Å². The first-order chi connectivity index (χ1) is 13.0. The quantitative estimate of drug-likeness (QED) is 0.683. The highest BCUT2D eigenvalue weighted by molar-refractivity contribution is 7.89. The van der Waals surface area contributed by atoms with E-state index in [4.69, 9.17) is 10.5 Å². The van der Waals surface area contributed by atoms with Gasteiger partial charge in [0.05, 0.1) is 12.0 Å². The first-order valence-corrected chi connectivity index (χ1v) is 9.95. The van der Waals surface area contributed by atoms with Gasteiger partial charge in [-0.25, -0.2) is 13.1 Å². The number of nitrogens with one attached hydrogen (secondary N) is 1. The van der Waals surface area contributed by atoms with Crippen molar-refractivity contribution in [2.45, 2.75) is 18.0 Å². The number of sulfonamides is 1. The molecule has 3 rings (SSSR count). The van der Waals surface area contributed by atoms with Gasteiger partial charge in [-0.2, -0.15) is 0 Å². The van der Waals surface area contributed by atoms with Crippen LogP contribution in [0, 0.1) is 0 Å². The second-order valence-electron chi connectivity index (χ2n) is 5.68. The molecule has 27 heavy (non-hydrogen) atoms. The molecule has 0 bridgehead atoms. The van der Waals surface area contributed by atoms with Crippen LogP contribution in [0.1, 0.15) is 11.1 Å². The lowest BCUT2D eigenvalue weighted by atomic mass is 10.2. The molecule has 6 heteroatoms. The van der Waals surface area contributed by atoms with Crippen LogP contribution < -0.4 is 15.2 Å². The maximum Gasteiger partial charge on any atom is 0.240 e. The molecular formula is C21H24N2O3S. The van der Waals surface area contributed by atoms with E-state index in [0.717, 1.165) is 5.56 Å². The second-order valence-corrected chi connectivity index (χ2v) is 7.44. The van der Waals surface area contributed by atoms with E-state index in [9.17, 15) is 8.42 Å². The Bertz CT molecular complexity index is 897. The van der Waals surface area contributed by atoms with Crippen LogP contribution in [-0.4, -0.2) is 15.5 Å². The predicted octanol–water partition coefficient (Wildman–Crippen LogP) is 3.32. The SMILES string of the molecule is COc1ccc(S(=O)(=O)NCc2ccccc2)cc1.NCc1ccccc1. The molecule has 0 radical (unpaired) electrons. The standard InChI is InChI=1S/C14H15NO3S.C7H9N/c1-18-13-7-9-14(10-8-13)19(16,17)15-11-12-5-3-2-4-6-12;8-6-7-4-2-1-3-5-7/h2-10,15H,11H2,1H3;1-5H,6,8H2. The summed E-state index contributed by atoms with van der Waals surface area (Å²) in [6.07, 6.45) is 0. The topological polar surface area (TPSA) is 81.4 Å². The molecule has 3 N–H and O–H groups in total. The Hall–Kier alpha value is -2.67. The van der Waals surface area contributed by atoms with E-state index >= 15 is 0 Å². The van der Waals surface area contributed by atoms with E-state index in [1.54, 1.807) is 12.1 Å². The molecule has 0 heterocycles. The molecule has 0 spiro atoms. The van der Waals surface area contributed by atoms with Gasteiger partial charge in [0.2, 0.25) is 10.0 Å². The molecule has 0 aliphatic rings. The van der Waals surface area contributed by atoms with Gasteiger partial charge in [-0.3, -0.25) is 0 Å². The highest BCUT2D eigenvalue weighted by Gasteiger charge is 2.13. The summed E-state index contributed by atoms with van der Waals surface area (Å²) in [6.45, 7) is 0.913. The largest absolute Gasteiger partial charge is 0.497 e. The van der Waals surface area contributed by atoms with E-state index in [0.29, 0.717) is 12.3 Å². The highest BCUT2D eigenvalue weighted by Crippen LogP contribution is 2.15. The first-order valence-electron chi connectivity index (χ1n) is 8.47. The number of rotatable bonds is 6. The van der Waals surface area contributed by atoms with Crippen molar-refractivity contribution in [3.63, 3.8) is 0 Å². The average molecular weight is 385 g/mol. The van der Waals surface area contributed by atoms with E-state index in [2.05, 4.69) is 4.72 Å². The molecule has 5 nitrogen and oxygen atoms in total. The molecule has 0 atom stereocenters. The lowest BCUT2D eigenvalue weighted by molar-refractivity contribution is 0.414. The minimum Gasteiger partial charge on any atom is -0.497 e. The molecule has 142 valence electrons. The van der Waals surface area contributed by atoms with Crippen molar-refractivity contribution in [3.05, 3.63) is 96.1 Å². The lowest BCUT2D eigenvalue weighted by Gasteiger charge is -2.07. The van der Waals surface area contributed by atoms with Crippen LogP contribution in [0.3, 0.4) is 0 Å². The van der Waals surface area contributed by atoms with Gasteiger partial charge in [-0.15, -0.1) is 0 Å². The van der Waals surface area contributed by atoms with E-state index in [1.807, 2.05) is 60.7 Å². The van der Waals surface area contributed by atoms with Crippen molar-refractivity contribution in [1.29, 1.82) is 0 Å². The Morgan fingerprint density at radius 1 is 0.815 bits per heavy atom. The summed E-state index contributed by atoms with van der Waals surface area (Å²) in [6, 6.07) is 25.7. The molecular weight excluding hydrogens is 360 g/mol.